The summed E-state index contributed by atoms with van der Waals surface area (Å²) < 4.78 is 68.5. The van der Waals surface area contributed by atoms with E-state index in [-0.39, 0.29) is 47.4 Å². The van der Waals surface area contributed by atoms with Crippen molar-refractivity contribution in [2.45, 2.75) is 42.9 Å². The number of hydrogen-bond acceptors (Lipinski definition) is 9. The van der Waals surface area contributed by atoms with Crippen molar-refractivity contribution in [2.75, 3.05) is 53.0 Å². The molecular formula is C28H32BF4N5O6. The molecule has 2 bridgehead atoms. The zero-order valence-corrected chi connectivity index (χ0v) is 24.6. The Balaban J connectivity index is 0.000000581. The number of benzene rings is 1. The van der Waals surface area contributed by atoms with E-state index >= 15 is 0 Å². The van der Waals surface area contributed by atoms with Gasteiger partial charge in [0.1, 0.15) is 12.6 Å². The Labute approximate surface area is 250 Å². The standard InChI is InChI=1S/C28H32N5O6.BF4/c1-35-18-10-16-17(11-19(18)36-2)32-22(34)12-20-23-15-9-21-28(16,24(23)32)6-7-33(21,13-14(15)5-8-39-20)25-29-26(37-3)31-27(30-25)38-4;2-1(3,4)5/h5,10-11,15,20-21,23-24H,6-9,12-13H2,1-4H3;/q+1;-1/t15-,20-,21-,23-,24-,28+,33?;/m0./s1. The number of anilines is 1. The Morgan fingerprint density at radius 2 is 1.66 bits per heavy atom. The molecule has 2 aromatic rings. The Hall–Kier alpha value is -3.66. The van der Waals surface area contributed by atoms with Gasteiger partial charge in [-0.1, -0.05) is 6.08 Å². The summed E-state index contributed by atoms with van der Waals surface area (Å²) >= 11 is 0. The molecule has 1 saturated carbocycles. The number of halogens is 4. The molecule has 1 aromatic carbocycles. The van der Waals surface area contributed by atoms with Crippen molar-refractivity contribution in [1.82, 2.24) is 19.4 Å². The number of piperidine rings is 2. The molecule has 0 radical (unpaired) electrons. The number of aromatic nitrogens is 3. The third-order valence-electron chi connectivity index (χ3n) is 10.5. The van der Waals surface area contributed by atoms with Gasteiger partial charge in [0.05, 0.1) is 71.3 Å². The number of methoxy groups -OCH3 is 4. The Morgan fingerprint density at radius 1 is 1.00 bits per heavy atom. The predicted molar refractivity (Wildman–Crippen MR) is 150 cm³/mol. The summed E-state index contributed by atoms with van der Waals surface area (Å²) in [7, 11) is 0.425. The maximum atomic E-state index is 13.9. The quantitative estimate of drug-likeness (QED) is 0.215. The average Bonchev–Trinajstić information content (AvgIpc) is 3.44. The third kappa shape index (κ3) is 3.95. The van der Waals surface area contributed by atoms with Crippen LogP contribution in [0.5, 0.6) is 23.5 Å². The number of rotatable bonds is 5. The van der Waals surface area contributed by atoms with E-state index in [1.165, 1.54) is 5.57 Å². The highest BCUT2D eigenvalue weighted by molar-refractivity contribution is 6.50. The molecule has 7 atom stereocenters. The van der Waals surface area contributed by atoms with Gasteiger partial charge in [-0.3, -0.25) is 9.28 Å². The van der Waals surface area contributed by atoms with Crippen molar-refractivity contribution in [3.05, 3.63) is 29.3 Å². The maximum absolute atomic E-state index is 13.9. The fourth-order valence-electron chi connectivity index (χ4n) is 9.21. The summed E-state index contributed by atoms with van der Waals surface area (Å²) in [4.78, 5) is 29.9. The van der Waals surface area contributed by atoms with Gasteiger partial charge in [-0.25, -0.2) is 0 Å². The smallest absolute Gasteiger partial charge is 0.493 e. The van der Waals surface area contributed by atoms with Gasteiger partial charge in [-0.15, -0.1) is 15.0 Å². The molecule has 1 unspecified atom stereocenters. The lowest BCUT2D eigenvalue weighted by Crippen LogP contribution is -2.73. The molecule has 6 heterocycles. The monoisotopic (exact) mass is 621 g/mol. The van der Waals surface area contributed by atoms with Gasteiger partial charge in [0.15, 0.2) is 11.5 Å². The van der Waals surface area contributed by atoms with Crippen LogP contribution in [0.1, 0.15) is 24.8 Å². The summed E-state index contributed by atoms with van der Waals surface area (Å²) in [5, 5.41) is 0. The SMILES string of the molecule is COc1nc(OC)nc([N+]23CC[C@@]45c6cc(OC)c(OC)cc6N6C(=O)C[C@@H]7OCC=C(C2)[C@H](C[C@@H]43)[C@@H]7[C@H]65)n1.F[B-](F)(F)F. The van der Waals surface area contributed by atoms with Gasteiger partial charge in [-0.05, 0) is 23.1 Å². The summed E-state index contributed by atoms with van der Waals surface area (Å²) in [6.45, 7) is 2.14. The van der Waals surface area contributed by atoms with E-state index in [4.69, 9.17) is 33.7 Å². The number of hydrogen-bond donors (Lipinski definition) is 0. The topological polar surface area (TPSA) is 105 Å². The van der Waals surface area contributed by atoms with E-state index in [2.05, 4.69) is 22.0 Å². The molecule has 16 heteroatoms. The van der Waals surface area contributed by atoms with Gasteiger partial charge in [0.25, 0.3) is 0 Å². The minimum atomic E-state index is -6.00. The molecule has 236 valence electrons. The van der Waals surface area contributed by atoms with Crippen molar-refractivity contribution < 1.29 is 45.7 Å². The number of carbonyl (C=O) groups is 1. The number of ether oxygens (including phenoxy) is 5. The summed E-state index contributed by atoms with van der Waals surface area (Å²) in [6, 6.07) is 4.72. The number of quaternary nitrogens is 1. The second-order valence-corrected chi connectivity index (χ2v) is 12.0. The number of fused-ring (bicyclic) bond motifs is 2. The highest BCUT2D eigenvalue weighted by Crippen LogP contribution is 2.68. The lowest BCUT2D eigenvalue weighted by atomic mass is 9.53. The van der Waals surface area contributed by atoms with Crippen LogP contribution in [0, 0.1) is 11.8 Å². The van der Waals surface area contributed by atoms with Gasteiger partial charge in [0, 0.05) is 24.8 Å². The molecule has 6 aliphatic rings. The minimum absolute atomic E-state index is 0.0215. The molecule has 1 spiro atoms. The van der Waals surface area contributed by atoms with Crippen LogP contribution >= 0.6 is 0 Å². The first-order valence-electron chi connectivity index (χ1n) is 14.5. The fourth-order valence-corrected chi connectivity index (χ4v) is 9.21. The lowest BCUT2D eigenvalue weighted by Gasteiger charge is -2.59. The zero-order valence-electron chi connectivity index (χ0n) is 24.6. The number of amides is 1. The molecule has 8 rings (SSSR count). The van der Waals surface area contributed by atoms with Crippen LogP contribution in [0.4, 0.5) is 28.9 Å². The van der Waals surface area contributed by atoms with Gasteiger partial charge in [-0.2, -0.15) is 0 Å². The number of nitrogens with zero attached hydrogens (tertiary/aromatic N) is 5. The van der Waals surface area contributed by atoms with Crippen molar-refractivity contribution in [2.24, 2.45) is 11.8 Å². The van der Waals surface area contributed by atoms with E-state index in [0.717, 1.165) is 37.2 Å². The van der Waals surface area contributed by atoms with Crippen LogP contribution in [0.15, 0.2) is 23.8 Å². The van der Waals surface area contributed by atoms with E-state index in [0.29, 0.717) is 40.9 Å². The summed E-state index contributed by atoms with van der Waals surface area (Å²) in [6.07, 6.45) is 4.41. The van der Waals surface area contributed by atoms with Crippen LogP contribution in [-0.4, -0.2) is 94.4 Å². The molecule has 11 nitrogen and oxygen atoms in total. The van der Waals surface area contributed by atoms with Crippen LogP contribution in [0.25, 0.3) is 0 Å². The van der Waals surface area contributed by atoms with Gasteiger partial charge >= 0.3 is 25.2 Å². The summed E-state index contributed by atoms with van der Waals surface area (Å²) in [5.41, 5.74) is 3.17. The minimum Gasteiger partial charge on any atom is -0.493 e. The van der Waals surface area contributed by atoms with Crippen LogP contribution < -0.4 is 28.3 Å². The fraction of sp³-hybridized carbons (Fsp3) is 0.571. The molecule has 5 aliphatic heterocycles. The van der Waals surface area contributed by atoms with E-state index in [1.807, 2.05) is 6.07 Å². The Kier molecular flexibility index (Phi) is 6.56. The van der Waals surface area contributed by atoms with E-state index < -0.39 is 7.25 Å². The summed E-state index contributed by atoms with van der Waals surface area (Å²) in [5.74, 6) is 2.64. The van der Waals surface area contributed by atoms with Crippen LogP contribution in [0.3, 0.4) is 0 Å². The normalized spacial score (nSPS) is 33.8. The van der Waals surface area contributed by atoms with Crippen LogP contribution in [0.2, 0.25) is 0 Å². The van der Waals surface area contributed by atoms with Gasteiger partial charge in [0.2, 0.25) is 5.91 Å². The highest BCUT2D eigenvalue weighted by Gasteiger charge is 2.77. The maximum Gasteiger partial charge on any atom is 0.673 e. The molecular weight excluding hydrogens is 589 g/mol. The molecule has 1 aromatic heterocycles. The Bertz CT molecular complexity index is 1530. The van der Waals surface area contributed by atoms with E-state index in [9.17, 15) is 22.1 Å². The second kappa shape index (κ2) is 9.93. The highest BCUT2D eigenvalue weighted by atomic mass is 19.5. The number of carbonyl (C=O) groups excluding carboxylic acids is 1. The van der Waals surface area contributed by atoms with Crippen molar-refractivity contribution in [3.8, 4) is 23.5 Å². The van der Waals surface area contributed by atoms with Crippen molar-refractivity contribution in [1.29, 1.82) is 0 Å². The molecule has 44 heavy (non-hydrogen) atoms. The third-order valence-corrected chi connectivity index (χ3v) is 10.5. The lowest BCUT2D eigenvalue weighted by molar-refractivity contribution is -0.132. The molecule has 0 N–H and O–H groups in total. The van der Waals surface area contributed by atoms with Crippen molar-refractivity contribution in [3.63, 3.8) is 0 Å². The first-order valence-corrected chi connectivity index (χ1v) is 14.5. The predicted octanol–water partition coefficient (Wildman–Crippen LogP) is 3.32. The largest absolute Gasteiger partial charge is 0.673 e. The molecule has 4 fully saturated rings. The van der Waals surface area contributed by atoms with Crippen LogP contribution in [-0.2, 0) is 14.9 Å². The molecule has 1 amide bonds. The first-order chi connectivity index (χ1) is 21.0. The average molecular weight is 621 g/mol. The second-order valence-electron chi connectivity index (χ2n) is 12.0. The van der Waals surface area contributed by atoms with E-state index in [1.54, 1.807) is 28.4 Å². The first kappa shape index (κ1) is 29.1. The zero-order chi connectivity index (χ0) is 31.2. The van der Waals surface area contributed by atoms with Crippen molar-refractivity contribution >= 4 is 24.8 Å². The Morgan fingerprint density at radius 3 is 2.30 bits per heavy atom. The molecule has 3 saturated heterocycles. The van der Waals surface area contributed by atoms with Gasteiger partial charge < -0.3 is 45.8 Å². The molecule has 1 aliphatic carbocycles.